The van der Waals surface area contributed by atoms with Crippen LogP contribution in [0.3, 0.4) is 0 Å². The quantitative estimate of drug-likeness (QED) is 0.708. The van der Waals surface area contributed by atoms with E-state index in [0.717, 1.165) is 4.57 Å². The lowest BCUT2D eigenvalue weighted by molar-refractivity contribution is 0.626. The van der Waals surface area contributed by atoms with Crippen LogP contribution in [0.15, 0.2) is 40.2 Å². The Balaban J connectivity index is 2.48. The van der Waals surface area contributed by atoms with Crippen molar-refractivity contribution >= 4 is 11.2 Å². The molecule has 21 heavy (non-hydrogen) atoms. The minimum absolute atomic E-state index is 0.330. The zero-order chi connectivity index (χ0) is 15.1. The monoisotopic (exact) mass is 288 g/mol. The Bertz CT molecular complexity index is 934. The third kappa shape index (κ3) is 1.89. The van der Waals surface area contributed by atoms with Gasteiger partial charge >= 0.3 is 5.69 Å². The van der Waals surface area contributed by atoms with E-state index in [1.807, 2.05) is 0 Å². The van der Waals surface area contributed by atoms with Crippen LogP contribution in [0, 0.1) is 5.82 Å². The first kappa shape index (κ1) is 13.3. The van der Waals surface area contributed by atoms with E-state index in [9.17, 15) is 14.0 Å². The van der Waals surface area contributed by atoms with Crippen molar-refractivity contribution in [2.24, 2.45) is 7.05 Å². The van der Waals surface area contributed by atoms with Crippen LogP contribution in [-0.2, 0) is 13.6 Å². The minimum Gasteiger partial charge on any atom is -0.328 e. The first-order chi connectivity index (χ1) is 10.0. The summed E-state index contributed by atoms with van der Waals surface area (Å²) in [5.41, 5.74) is 0.0671. The highest BCUT2D eigenvalue weighted by atomic mass is 19.1. The second kappa shape index (κ2) is 4.69. The summed E-state index contributed by atoms with van der Waals surface area (Å²) >= 11 is 0. The maximum absolute atomic E-state index is 13.0. The largest absolute Gasteiger partial charge is 0.337 e. The molecule has 3 rings (SSSR count). The fraction of sp³-hybridized carbons (Fsp3) is 0.214. The molecule has 108 valence electrons. The van der Waals surface area contributed by atoms with Gasteiger partial charge in [-0.3, -0.25) is 9.36 Å². The number of aromatic nitrogens is 4. The minimum atomic E-state index is -0.486. The van der Waals surface area contributed by atoms with Crippen LogP contribution in [0.25, 0.3) is 16.9 Å². The van der Waals surface area contributed by atoms with Crippen molar-refractivity contribution in [2.75, 3.05) is 0 Å². The number of hydrogen-bond acceptors (Lipinski definition) is 3. The van der Waals surface area contributed by atoms with Crippen LogP contribution in [-0.4, -0.2) is 18.7 Å². The maximum atomic E-state index is 13.0. The molecule has 0 bridgehead atoms. The first-order valence-corrected chi connectivity index (χ1v) is 6.47. The topological polar surface area (TPSA) is 61.8 Å². The van der Waals surface area contributed by atoms with Gasteiger partial charge in [0.15, 0.2) is 11.2 Å². The first-order valence-electron chi connectivity index (χ1n) is 6.47. The Morgan fingerprint density at radius 1 is 1.19 bits per heavy atom. The summed E-state index contributed by atoms with van der Waals surface area (Å²) in [7, 11) is 1.69. The lowest BCUT2D eigenvalue weighted by Crippen LogP contribution is -2.39. The Hall–Kier alpha value is -2.70. The fourth-order valence-electron chi connectivity index (χ4n) is 2.37. The molecule has 0 fully saturated rings. The molecule has 0 N–H and O–H groups in total. The third-order valence-corrected chi connectivity index (χ3v) is 3.40. The molecular weight excluding hydrogens is 275 g/mol. The van der Waals surface area contributed by atoms with Gasteiger partial charge < -0.3 is 4.57 Å². The molecule has 3 aromatic rings. The lowest BCUT2D eigenvalue weighted by Gasteiger charge is -2.10. The van der Waals surface area contributed by atoms with Gasteiger partial charge in [0.2, 0.25) is 0 Å². The molecule has 2 aromatic heterocycles. The van der Waals surface area contributed by atoms with Gasteiger partial charge in [-0.05, 0) is 31.2 Å². The summed E-state index contributed by atoms with van der Waals surface area (Å²) in [6.07, 6.45) is 1.49. The van der Waals surface area contributed by atoms with E-state index in [2.05, 4.69) is 4.98 Å². The van der Waals surface area contributed by atoms with Crippen LogP contribution < -0.4 is 11.2 Å². The van der Waals surface area contributed by atoms with E-state index < -0.39 is 17.1 Å². The molecule has 0 amide bonds. The molecule has 2 heterocycles. The number of halogens is 1. The molecule has 0 saturated carbocycles. The van der Waals surface area contributed by atoms with E-state index in [0.29, 0.717) is 23.4 Å². The van der Waals surface area contributed by atoms with Gasteiger partial charge in [-0.15, -0.1) is 0 Å². The highest BCUT2D eigenvalue weighted by Crippen LogP contribution is 2.09. The number of nitrogens with zero attached hydrogens (tertiary/aromatic N) is 4. The molecule has 0 radical (unpaired) electrons. The highest BCUT2D eigenvalue weighted by Gasteiger charge is 2.17. The Morgan fingerprint density at radius 3 is 2.48 bits per heavy atom. The smallest absolute Gasteiger partial charge is 0.328 e. The number of aryl methyl sites for hydroxylation is 2. The molecule has 0 aliphatic carbocycles. The van der Waals surface area contributed by atoms with Crippen molar-refractivity contribution in [3.8, 4) is 5.69 Å². The van der Waals surface area contributed by atoms with Crippen LogP contribution >= 0.6 is 0 Å². The average Bonchev–Trinajstić information content (AvgIpc) is 2.84. The van der Waals surface area contributed by atoms with Crippen molar-refractivity contribution in [1.82, 2.24) is 18.7 Å². The molecule has 0 aliphatic heterocycles. The molecular formula is C14H13FN4O2. The van der Waals surface area contributed by atoms with Crippen molar-refractivity contribution in [3.63, 3.8) is 0 Å². The summed E-state index contributed by atoms with van der Waals surface area (Å²) in [6.45, 7) is 2.18. The maximum Gasteiger partial charge on any atom is 0.337 e. The summed E-state index contributed by atoms with van der Waals surface area (Å²) in [6, 6.07) is 5.23. The normalized spacial score (nSPS) is 11.2. The van der Waals surface area contributed by atoms with Gasteiger partial charge in [0.25, 0.3) is 5.56 Å². The van der Waals surface area contributed by atoms with Crippen molar-refractivity contribution < 1.29 is 4.39 Å². The Morgan fingerprint density at radius 2 is 1.86 bits per heavy atom. The molecule has 0 saturated heterocycles. The summed E-state index contributed by atoms with van der Waals surface area (Å²) in [5.74, 6) is -0.427. The van der Waals surface area contributed by atoms with Gasteiger partial charge in [-0.25, -0.2) is 18.7 Å². The number of hydrogen-bond donors (Lipinski definition) is 0. The zero-order valence-corrected chi connectivity index (χ0v) is 11.6. The SMILES string of the molecule is CCn1c(=O)n(-c2ccc(F)cc2)c(=O)c2c1ncn2C. The average molecular weight is 288 g/mol. The predicted molar refractivity (Wildman–Crippen MR) is 76.2 cm³/mol. The van der Waals surface area contributed by atoms with E-state index in [-0.39, 0.29) is 0 Å². The van der Waals surface area contributed by atoms with Crippen LogP contribution in [0.2, 0.25) is 0 Å². The van der Waals surface area contributed by atoms with Crippen LogP contribution in [0.5, 0.6) is 0 Å². The van der Waals surface area contributed by atoms with Crippen molar-refractivity contribution in [2.45, 2.75) is 13.5 Å². The third-order valence-electron chi connectivity index (χ3n) is 3.40. The van der Waals surface area contributed by atoms with Crippen molar-refractivity contribution in [1.29, 1.82) is 0 Å². The Kier molecular flexibility index (Phi) is 2.97. The zero-order valence-electron chi connectivity index (χ0n) is 11.6. The number of fused-ring (bicyclic) bond motifs is 1. The molecule has 1 aromatic carbocycles. The van der Waals surface area contributed by atoms with Crippen LogP contribution in [0.1, 0.15) is 6.92 Å². The van der Waals surface area contributed by atoms with E-state index >= 15 is 0 Å². The summed E-state index contributed by atoms with van der Waals surface area (Å²) < 4.78 is 17.1. The van der Waals surface area contributed by atoms with Gasteiger partial charge in [0.05, 0.1) is 12.0 Å². The molecule has 0 unspecified atom stereocenters. The van der Waals surface area contributed by atoms with Crippen LogP contribution in [0.4, 0.5) is 4.39 Å². The summed E-state index contributed by atoms with van der Waals surface area (Å²) in [5, 5.41) is 0. The van der Waals surface area contributed by atoms with Gasteiger partial charge in [-0.1, -0.05) is 0 Å². The lowest BCUT2D eigenvalue weighted by atomic mass is 10.3. The van der Waals surface area contributed by atoms with Crippen molar-refractivity contribution in [3.05, 3.63) is 57.2 Å². The van der Waals surface area contributed by atoms with Gasteiger partial charge in [-0.2, -0.15) is 0 Å². The Labute approximate surface area is 118 Å². The van der Waals surface area contributed by atoms with E-state index in [4.69, 9.17) is 0 Å². The molecule has 0 aliphatic rings. The van der Waals surface area contributed by atoms with E-state index in [1.165, 1.54) is 35.2 Å². The van der Waals surface area contributed by atoms with Gasteiger partial charge in [0, 0.05) is 13.6 Å². The second-order valence-corrected chi connectivity index (χ2v) is 4.67. The molecule has 0 spiro atoms. The molecule has 0 atom stereocenters. The highest BCUT2D eigenvalue weighted by molar-refractivity contribution is 5.70. The number of benzene rings is 1. The second-order valence-electron chi connectivity index (χ2n) is 4.67. The fourth-order valence-corrected chi connectivity index (χ4v) is 2.37. The molecule has 6 nitrogen and oxygen atoms in total. The van der Waals surface area contributed by atoms with Gasteiger partial charge in [0.1, 0.15) is 5.82 Å². The number of rotatable bonds is 2. The standard InChI is InChI=1S/C14H13FN4O2/c1-3-18-12-11(17(2)8-16-12)13(20)19(14(18)21)10-6-4-9(15)5-7-10/h4-8H,3H2,1-2H3. The molecule has 7 heteroatoms. The summed E-state index contributed by atoms with van der Waals surface area (Å²) in [4.78, 5) is 29.2. The number of imidazole rings is 1. The predicted octanol–water partition coefficient (Wildman–Crippen LogP) is 1.04. The van der Waals surface area contributed by atoms with E-state index in [1.54, 1.807) is 18.5 Å².